The van der Waals surface area contributed by atoms with Gasteiger partial charge in [0.25, 0.3) is 5.69 Å². The van der Waals surface area contributed by atoms with E-state index in [9.17, 15) is 20.0 Å². The number of carboxylic acids is 1. The topological polar surface area (TPSA) is 80.4 Å². The summed E-state index contributed by atoms with van der Waals surface area (Å²) in [6.45, 7) is 2.01. The largest absolute Gasteiger partial charge is 0.481 e. The zero-order valence-electron chi connectivity index (χ0n) is 9.42. The normalized spacial score (nSPS) is 27.2. The molecule has 0 spiro atoms. The van der Waals surface area contributed by atoms with Crippen molar-refractivity contribution in [1.82, 2.24) is 0 Å². The number of nitrogens with zero attached hydrogens (tertiary/aromatic N) is 1. The number of benzene rings is 1. The summed E-state index contributed by atoms with van der Waals surface area (Å²) < 4.78 is 0. The standard InChI is InChI=1S/C12H13NO4/c1-8-6-12(7-8,11(14)15)9-2-4-10(5-3-9)13(16)17/h2-5,8H,6-7H2,1H3,(H,14,15). The summed E-state index contributed by atoms with van der Waals surface area (Å²) in [4.78, 5) is 21.4. The molecule has 0 aliphatic heterocycles. The molecule has 1 fully saturated rings. The van der Waals surface area contributed by atoms with Crippen LogP contribution >= 0.6 is 0 Å². The molecule has 0 amide bonds. The molecule has 5 nitrogen and oxygen atoms in total. The van der Waals surface area contributed by atoms with E-state index in [4.69, 9.17) is 0 Å². The van der Waals surface area contributed by atoms with Crippen LogP contribution in [0.25, 0.3) is 0 Å². The Morgan fingerprint density at radius 3 is 2.29 bits per heavy atom. The van der Waals surface area contributed by atoms with Crippen LogP contribution in [0.5, 0.6) is 0 Å². The SMILES string of the molecule is CC1CC(C(=O)O)(c2ccc([N+](=O)[O-])cc2)C1. The second-order valence-corrected chi connectivity index (χ2v) is 4.70. The van der Waals surface area contributed by atoms with Crippen LogP contribution in [-0.2, 0) is 10.2 Å². The molecule has 0 saturated heterocycles. The zero-order valence-corrected chi connectivity index (χ0v) is 9.42. The number of carbonyl (C=O) groups is 1. The van der Waals surface area contributed by atoms with E-state index in [1.165, 1.54) is 12.1 Å². The highest BCUT2D eigenvalue weighted by molar-refractivity contribution is 5.82. The van der Waals surface area contributed by atoms with E-state index < -0.39 is 16.3 Å². The highest BCUT2D eigenvalue weighted by Gasteiger charge is 2.49. The second-order valence-electron chi connectivity index (χ2n) is 4.70. The lowest BCUT2D eigenvalue weighted by Gasteiger charge is -2.43. The molecule has 0 aromatic heterocycles. The fraction of sp³-hybridized carbons (Fsp3) is 0.417. The maximum Gasteiger partial charge on any atom is 0.314 e. The highest BCUT2D eigenvalue weighted by atomic mass is 16.6. The van der Waals surface area contributed by atoms with Crippen molar-refractivity contribution in [2.45, 2.75) is 25.2 Å². The van der Waals surface area contributed by atoms with Crippen LogP contribution < -0.4 is 0 Å². The Bertz CT molecular complexity index is 460. The Morgan fingerprint density at radius 1 is 1.41 bits per heavy atom. The van der Waals surface area contributed by atoms with Crippen LogP contribution in [0.2, 0.25) is 0 Å². The first kappa shape index (κ1) is 11.6. The van der Waals surface area contributed by atoms with Crippen LogP contribution in [0.15, 0.2) is 24.3 Å². The average Bonchev–Trinajstić information content (AvgIpc) is 2.24. The van der Waals surface area contributed by atoms with E-state index in [0.29, 0.717) is 24.3 Å². The predicted molar refractivity (Wildman–Crippen MR) is 60.8 cm³/mol. The van der Waals surface area contributed by atoms with E-state index >= 15 is 0 Å². The van der Waals surface area contributed by atoms with Crippen LogP contribution in [0.4, 0.5) is 5.69 Å². The summed E-state index contributed by atoms with van der Waals surface area (Å²) >= 11 is 0. The third-order valence-electron chi connectivity index (χ3n) is 3.43. The van der Waals surface area contributed by atoms with Gasteiger partial charge in [0.15, 0.2) is 0 Å². The smallest absolute Gasteiger partial charge is 0.314 e. The van der Waals surface area contributed by atoms with Gasteiger partial charge in [0.1, 0.15) is 0 Å². The molecule has 1 N–H and O–H groups in total. The van der Waals surface area contributed by atoms with Gasteiger partial charge in [-0.1, -0.05) is 19.1 Å². The fourth-order valence-corrected chi connectivity index (χ4v) is 2.57. The molecule has 0 atom stereocenters. The van der Waals surface area contributed by atoms with Crippen LogP contribution in [0.3, 0.4) is 0 Å². The summed E-state index contributed by atoms with van der Waals surface area (Å²) in [7, 11) is 0. The second kappa shape index (κ2) is 3.84. The first-order valence-electron chi connectivity index (χ1n) is 5.44. The van der Waals surface area contributed by atoms with Gasteiger partial charge in [0.2, 0.25) is 0 Å². The maximum absolute atomic E-state index is 11.3. The molecule has 1 aliphatic rings. The quantitative estimate of drug-likeness (QED) is 0.644. The Morgan fingerprint density at radius 2 is 1.94 bits per heavy atom. The Hall–Kier alpha value is -1.91. The van der Waals surface area contributed by atoms with Gasteiger partial charge < -0.3 is 5.11 Å². The van der Waals surface area contributed by atoms with Crippen molar-refractivity contribution in [3.63, 3.8) is 0 Å². The number of nitro benzene ring substituents is 1. The lowest BCUT2D eigenvalue weighted by atomic mass is 9.59. The van der Waals surface area contributed by atoms with E-state index in [2.05, 4.69) is 0 Å². The molecular weight excluding hydrogens is 222 g/mol. The van der Waals surface area contributed by atoms with Crippen molar-refractivity contribution in [3.05, 3.63) is 39.9 Å². The van der Waals surface area contributed by atoms with Crippen molar-refractivity contribution in [2.24, 2.45) is 5.92 Å². The van der Waals surface area contributed by atoms with Gasteiger partial charge in [-0.05, 0) is 24.3 Å². The van der Waals surface area contributed by atoms with Gasteiger partial charge in [-0.25, -0.2) is 0 Å². The summed E-state index contributed by atoms with van der Waals surface area (Å²) in [5.74, 6) is -0.453. The molecule has 1 aliphatic carbocycles. The van der Waals surface area contributed by atoms with Gasteiger partial charge in [-0.2, -0.15) is 0 Å². The number of nitro groups is 1. The molecule has 0 heterocycles. The van der Waals surface area contributed by atoms with Gasteiger partial charge in [0, 0.05) is 12.1 Å². The van der Waals surface area contributed by atoms with Crippen molar-refractivity contribution in [1.29, 1.82) is 0 Å². The van der Waals surface area contributed by atoms with Gasteiger partial charge >= 0.3 is 5.97 Å². The number of hydrogen-bond acceptors (Lipinski definition) is 3. The molecule has 1 saturated carbocycles. The third kappa shape index (κ3) is 1.77. The van der Waals surface area contributed by atoms with Crippen molar-refractivity contribution >= 4 is 11.7 Å². The molecule has 0 radical (unpaired) electrons. The van der Waals surface area contributed by atoms with Gasteiger partial charge in [-0.15, -0.1) is 0 Å². The van der Waals surface area contributed by atoms with Crippen LogP contribution in [0.1, 0.15) is 25.3 Å². The van der Waals surface area contributed by atoms with Crippen molar-refractivity contribution in [3.8, 4) is 0 Å². The molecule has 90 valence electrons. The number of non-ortho nitro benzene ring substituents is 1. The minimum absolute atomic E-state index is 0.0124. The monoisotopic (exact) mass is 235 g/mol. The molecule has 5 heteroatoms. The summed E-state index contributed by atoms with van der Waals surface area (Å²) in [5.41, 5.74) is -0.190. The lowest BCUT2D eigenvalue weighted by molar-refractivity contribution is -0.384. The average molecular weight is 235 g/mol. The Labute approximate surface area is 98.2 Å². The first-order valence-corrected chi connectivity index (χ1v) is 5.44. The molecule has 1 aromatic rings. The van der Waals surface area contributed by atoms with E-state index in [1.807, 2.05) is 6.92 Å². The number of carboxylic acid groups (broad SMARTS) is 1. The van der Waals surface area contributed by atoms with Crippen LogP contribution in [-0.4, -0.2) is 16.0 Å². The third-order valence-corrected chi connectivity index (χ3v) is 3.43. The minimum atomic E-state index is -0.843. The zero-order chi connectivity index (χ0) is 12.6. The number of hydrogen-bond donors (Lipinski definition) is 1. The maximum atomic E-state index is 11.3. The first-order chi connectivity index (χ1) is 7.95. The molecule has 2 rings (SSSR count). The summed E-state index contributed by atoms with van der Waals surface area (Å²) in [5, 5.41) is 19.8. The summed E-state index contributed by atoms with van der Waals surface area (Å²) in [6.07, 6.45) is 1.19. The van der Waals surface area contributed by atoms with Crippen molar-refractivity contribution in [2.75, 3.05) is 0 Å². The highest BCUT2D eigenvalue weighted by Crippen LogP contribution is 2.48. The van der Waals surface area contributed by atoms with E-state index in [-0.39, 0.29) is 5.69 Å². The van der Waals surface area contributed by atoms with Gasteiger partial charge in [-0.3, -0.25) is 14.9 Å². The van der Waals surface area contributed by atoms with E-state index in [1.54, 1.807) is 12.1 Å². The minimum Gasteiger partial charge on any atom is -0.481 e. The number of rotatable bonds is 3. The lowest BCUT2D eigenvalue weighted by Crippen LogP contribution is -2.46. The molecule has 0 unspecified atom stereocenters. The van der Waals surface area contributed by atoms with E-state index in [0.717, 1.165) is 0 Å². The molecule has 0 bridgehead atoms. The number of aliphatic carboxylic acids is 1. The van der Waals surface area contributed by atoms with Gasteiger partial charge in [0.05, 0.1) is 10.3 Å². The van der Waals surface area contributed by atoms with Crippen molar-refractivity contribution < 1.29 is 14.8 Å². The molecule has 1 aromatic carbocycles. The van der Waals surface area contributed by atoms with Crippen LogP contribution in [0, 0.1) is 16.0 Å². The molecule has 17 heavy (non-hydrogen) atoms. The predicted octanol–water partition coefficient (Wildman–Crippen LogP) is 2.35. The Kier molecular flexibility index (Phi) is 2.61. The fourth-order valence-electron chi connectivity index (χ4n) is 2.57. The summed E-state index contributed by atoms with van der Waals surface area (Å²) in [6, 6.07) is 5.84. The molecular formula is C12H13NO4. The Balaban J connectivity index is 2.33.